The van der Waals surface area contributed by atoms with E-state index < -0.39 is 28.5 Å². The molecule has 6 heterocycles. The smallest absolute Gasteiger partial charge is 0.319 e. The zero-order valence-corrected chi connectivity index (χ0v) is 25.9. The summed E-state index contributed by atoms with van der Waals surface area (Å²) < 4.78 is 79.2. The molecule has 48 heavy (non-hydrogen) atoms. The number of hydrogen-bond donors (Lipinski definition) is 1. The Bertz CT molecular complexity index is 2070. The Morgan fingerprint density at radius 3 is 2.73 bits per heavy atom. The number of phenolic OH excluding ortho intramolecular Hbond substituents is 1. The van der Waals surface area contributed by atoms with E-state index in [9.17, 15) is 18.3 Å². The molecule has 1 aliphatic carbocycles. The van der Waals surface area contributed by atoms with Crippen LogP contribution in [-0.4, -0.2) is 88.5 Å². The summed E-state index contributed by atoms with van der Waals surface area (Å²) in [5.74, 6) is -1.66. The third kappa shape index (κ3) is 4.28. The Morgan fingerprint density at radius 2 is 1.92 bits per heavy atom. The molecule has 1 N–H and O–H groups in total. The Kier molecular flexibility index (Phi) is 6.37. The predicted molar refractivity (Wildman–Crippen MR) is 168 cm³/mol. The molecule has 1 spiro atoms. The zero-order valence-electron chi connectivity index (χ0n) is 25.9. The maximum atomic E-state index is 17.0. The summed E-state index contributed by atoms with van der Waals surface area (Å²) in [6, 6.07) is 4.94. The minimum Gasteiger partial charge on any atom is -0.508 e. The molecule has 2 aromatic carbocycles. The van der Waals surface area contributed by atoms with Crippen LogP contribution in [0.15, 0.2) is 24.3 Å². The number of nitrogens with zero attached hydrogens (tertiary/aromatic N) is 5. The highest BCUT2D eigenvalue weighted by atomic mass is 19.3. The largest absolute Gasteiger partial charge is 0.508 e. The third-order valence-corrected chi connectivity index (χ3v) is 10.9. The van der Waals surface area contributed by atoms with Crippen molar-refractivity contribution < 1.29 is 36.9 Å². The summed E-state index contributed by atoms with van der Waals surface area (Å²) in [7, 11) is 0. The average molecular weight is 662 g/mol. The number of alkyl halides is 2. The molecule has 248 valence electrons. The summed E-state index contributed by atoms with van der Waals surface area (Å²) in [5.41, 5.74) is -2.05. The van der Waals surface area contributed by atoms with Crippen LogP contribution in [0.25, 0.3) is 32.9 Å². The first-order valence-electron chi connectivity index (χ1n) is 16.2. The topological polar surface area (TPSA) is 93.1 Å². The SMILES string of the molecule is C#Cc1c(F)ccc2cc(O)cc(-c3nc4c5c(nc(OC[C@@]67CCCN6C[C@]6(CC6(F)F)C7)nc5c3F)N3CCCOC[C@H]3CO4)c12. The monoisotopic (exact) mass is 661 g/mol. The van der Waals surface area contributed by atoms with Crippen LogP contribution in [0.2, 0.25) is 0 Å². The first-order chi connectivity index (χ1) is 23.1. The molecular formula is C35H31F4N5O4. The van der Waals surface area contributed by atoms with Gasteiger partial charge in [-0.05, 0) is 55.8 Å². The van der Waals surface area contributed by atoms with Crippen molar-refractivity contribution in [1.82, 2.24) is 19.9 Å². The number of anilines is 1. The molecule has 0 amide bonds. The summed E-state index contributed by atoms with van der Waals surface area (Å²) in [5, 5.41) is 11.4. The normalized spacial score (nSPS) is 27.3. The molecule has 4 aliphatic heterocycles. The van der Waals surface area contributed by atoms with E-state index >= 15 is 4.39 Å². The van der Waals surface area contributed by atoms with Crippen LogP contribution < -0.4 is 14.4 Å². The quantitative estimate of drug-likeness (QED) is 0.227. The molecule has 9 rings (SSSR count). The van der Waals surface area contributed by atoms with Gasteiger partial charge in [0.25, 0.3) is 5.92 Å². The van der Waals surface area contributed by atoms with Crippen LogP contribution in [-0.2, 0) is 4.74 Å². The molecule has 0 radical (unpaired) electrons. The lowest BCUT2D eigenvalue weighted by atomic mass is 9.89. The number of pyridine rings is 1. The maximum Gasteiger partial charge on any atom is 0.319 e. The van der Waals surface area contributed by atoms with Gasteiger partial charge in [-0.2, -0.15) is 9.97 Å². The van der Waals surface area contributed by atoms with Gasteiger partial charge in [-0.25, -0.2) is 22.5 Å². The van der Waals surface area contributed by atoms with Gasteiger partial charge in [-0.15, -0.1) is 6.42 Å². The second-order valence-electron chi connectivity index (χ2n) is 13.8. The summed E-state index contributed by atoms with van der Waals surface area (Å²) >= 11 is 0. The number of aromatic hydroxyl groups is 1. The lowest BCUT2D eigenvalue weighted by Crippen LogP contribution is -2.43. The molecule has 3 saturated heterocycles. The van der Waals surface area contributed by atoms with Crippen molar-refractivity contribution in [2.45, 2.75) is 49.6 Å². The van der Waals surface area contributed by atoms with Gasteiger partial charge in [-0.1, -0.05) is 12.0 Å². The molecule has 5 aliphatic rings. The van der Waals surface area contributed by atoms with Crippen molar-refractivity contribution in [3.63, 3.8) is 0 Å². The van der Waals surface area contributed by atoms with Crippen molar-refractivity contribution >= 4 is 27.5 Å². The Labute approximate surface area is 272 Å². The highest BCUT2D eigenvalue weighted by molar-refractivity contribution is 6.04. The second-order valence-corrected chi connectivity index (χ2v) is 13.8. The number of halogens is 4. The molecule has 3 atom stereocenters. The lowest BCUT2D eigenvalue weighted by Gasteiger charge is -2.31. The van der Waals surface area contributed by atoms with E-state index in [2.05, 4.69) is 20.8 Å². The highest BCUT2D eigenvalue weighted by Crippen LogP contribution is 2.69. The van der Waals surface area contributed by atoms with E-state index in [4.69, 9.17) is 25.6 Å². The molecule has 2 aromatic heterocycles. The van der Waals surface area contributed by atoms with Gasteiger partial charge < -0.3 is 24.2 Å². The van der Waals surface area contributed by atoms with Crippen LogP contribution >= 0.6 is 0 Å². The van der Waals surface area contributed by atoms with Gasteiger partial charge in [0.1, 0.15) is 47.2 Å². The molecule has 0 bridgehead atoms. The van der Waals surface area contributed by atoms with Crippen LogP contribution in [0.1, 0.15) is 37.7 Å². The van der Waals surface area contributed by atoms with Crippen molar-refractivity contribution in [3.05, 3.63) is 41.5 Å². The minimum atomic E-state index is -2.68. The fraction of sp³-hybridized carbons (Fsp3) is 0.457. The molecule has 9 nitrogen and oxygen atoms in total. The summed E-state index contributed by atoms with van der Waals surface area (Å²) in [4.78, 5) is 18.0. The van der Waals surface area contributed by atoms with Crippen LogP contribution in [0.5, 0.6) is 17.6 Å². The first-order valence-corrected chi connectivity index (χ1v) is 16.2. The lowest BCUT2D eigenvalue weighted by molar-refractivity contribution is 0.0647. The average Bonchev–Trinajstić information content (AvgIpc) is 3.39. The number of terminal acetylenes is 1. The van der Waals surface area contributed by atoms with Gasteiger partial charge in [0.05, 0.1) is 29.2 Å². The van der Waals surface area contributed by atoms with Crippen molar-refractivity contribution in [3.8, 4) is 41.2 Å². The number of ether oxygens (including phenoxy) is 3. The third-order valence-electron chi connectivity index (χ3n) is 10.9. The van der Waals surface area contributed by atoms with E-state index in [-0.39, 0.29) is 76.4 Å². The number of benzene rings is 2. The molecule has 0 unspecified atom stereocenters. The van der Waals surface area contributed by atoms with Gasteiger partial charge in [-0.3, -0.25) is 4.90 Å². The number of rotatable bonds is 4. The van der Waals surface area contributed by atoms with Crippen molar-refractivity contribution in [1.29, 1.82) is 0 Å². The molecule has 1 saturated carbocycles. The van der Waals surface area contributed by atoms with Gasteiger partial charge in [0.2, 0.25) is 5.88 Å². The number of aromatic nitrogens is 3. The maximum absolute atomic E-state index is 17.0. The number of fused-ring (bicyclic) bond motifs is 4. The number of hydrogen-bond acceptors (Lipinski definition) is 9. The Morgan fingerprint density at radius 1 is 1.06 bits per heavy atom. The van der Waals surface area contributed by atoms with E-state index in [1.54, 1.807) is 0 Å². The van der Waals surface area contributed by atoms with Crippen LogP contribution in [0, 0.1) is 29.4 Å². The van der Waals surface area contributed by atoms with E-state index in [0.717, 1.165) is 6.42 Å². The molecule has 4 fully saturated rings. The molecule has 13 heteroatoms. The van der Waals surface area contributed by atoms with Crippen molar-refractivity contribution in [2.24, 2.45) is 5.41 Å². The van der Waals surface area contributed by atoms with Crippen LogP contribution in [0.4, 0.5) is 23.4 Å². The van der Waals surface area contributed by atoms with E-state index in [1.807, 2.05) is 4.90 Å². The van der Waals surface area contributed by atoms with Crippen molar-refractivity contribution in [2.75, 3.05) is 51.0 Å². The van der Waals surface area contributed by atoms with Gasteiger partial charge >= 0.3 is 6.01 Å². The van der Waals surface area contributed by atoms with E-state index in [1.165, 1.54) is 24.3 Å². The predicted octanol–water partition coefficient (Wildman–Crippen LogP) is 5.44. The van der Waals surface area contributed by atoms with E-state index in [0.29, 0.717) is 63.3 Å². The Hall–Kier alpha value is -4.41. The standard InChI is InChI=1S/C35H31F4N5O4/c1-2-22-24(36)6-5-19-11-21(45)12-23(25(19)22)28-27(37)29-26-30(44-9-4-10-46-13-20(44)14-47-31(26)40-28)42-32(41-29)48-18-34-7-3-8-43(34)17-33(15-34)16-35(33,38)39/h1,5-6,11-12,20,45H,3-4,7-10,13-18H2/t20-,33+,34-/m0/s1. The van der Waals surface area contributed by atoms with Crippen LogP contribution in [0.3, 0.4) is 0 Å². The fourth-order valence-electron chi connectivity index (χ4n) is 8.48. The zero-order chi connectivity index (χ0) is 33.0. The summed E-state index contributed by atoms with van der Waals surface area (Å²) in [6.45, 7) is 2.67. The number of phenols is 1. The minimum absolute atomic E-state index is 0.0560. The molecular weight excluding hydrogens is 630 g/mol. The summed E-state index contributed by atoms with van der Waals surface area (Å²) in [6.07, 6.45) is 8.16. The first kappa shape index (κ1) is 29.7. The Balaban J connectivity index is 1.21. The fourth-order valence-corrected chi connectivity index (χ4v) is 8.48. The highest BCUT2D eigenvalue weighted by Gasteiger charge is 2.77. The second kappa shape index (κ2) is 10.3. The molecule has 4 aromatic rings. The van der Waals surface area contributed by atoms with Gasteiger partial charge in [0, 0.05) is 37.1 Å². The van der Waals surface area contributed by atoms with Gasteiger partial charge in [0.15, 0.2) is 5.82 Å².